The summed E-state index contributed by atoms with van der Waals surface area (Å²) >= 11 is 0. The maximum atomic E-state index is 11.7. The van der Waals surface area contributed by atoms with Gasteiger partial charge in [0.25, 0.3) is 0 Å². The van der Waals surface area contributed by atoms with Gasteiger partial charge in [-0.05, 0) is 6.42 Å². The zero-order valence-corrected chi connectivity index (χ0v) is 13.8. The average Bonchev–Trinajstić information content (AvgIpc) is 2.94. The van der Waals surface area contributed by atoms with Gasteiger partial charge < -0.3 is 21.1 Å². The lowest BCUT2D eigenvalue weighted by molar-refractivity contribution is -0.139. The number of aromatic amines is 1. The van der Waals surface area contributed by atoms with Gasteiger partial charge in [0.05, 0.1) is 13.1 Å². The van der Waals surface area contributed by atoms with Crippen molar-refractivity contribution in [1.29, 1.82) is 0 Å². The van der Waals surface area contributed by atoms with Crippen molar-refractivity contribution in [3.05, 3.63) is 22.4 Å². The van der Waals surface area contributed by atoms with Gasteiger partial charge in [-0.3, -0.25) is 4.57 Å². The highest BCUT2D eigenvalue weighted by atomic mass is 16.4. The van der Waals surface area contributed by atoms with Gasteiger partial charge in [0, 0.05) is 12.6 Å². The second-order valence-electron chi connectivity index (χ2n) is 5.79. The standard InChI is InChI=1S/C14H20N8O3/c1-2-3-4-16-9-5-10(18-13(15)17-9)21-7-11-19-20-14(25)22(11)6-8(21)12(23)24/h5,8H,2-4,6-7H2,1H3,(H,20,25)(H,23,24)(H3,15,16,17,18). The lowest BCUT2D eigenvalue weighted by Gasteiger charge is -2.33. The number of rotatable bonds is 6. The van der Waals surface area contributed by atoms with Crippen LogP contribution in [0.25, 0.3) is 0 Å². The number of carbonyl (C=O) groups is 1. The first-order valence-electron chi connectivity index (χ1n) is 8.01. The summed E-state index contributed by atoms with van der Waals surface area (Å²) in [7, 11) is 0. The average molecular weight is 348 g/mol. The molecule has 1 aliphatic heterocycles. The highest BCUT2D eigenvalue weighted by Crippen LogP contribution is 2.24. The number of nitrogens with one attached hydrogen (secondary N) is 2. The van der Waals surface area contributed by atoms with Gasteiger partial charge in [-0.2, -0.15) is 15.1 Å². The minimum Gasteiger partial charge on any atom is -0.480 e. The van der Waals surface area contributed by atoms with Crippen LogP contribution in [0.15, 0.2) is 10.9 Å². The van der Waals surface area contributed by atoms with Crippen LogP contribution >= 0.6 is 0 Å². The molecule has 2 aromatic rings. The number of nitrogens with two attached hydrogens (primary N) is 1. The molecular formula is C14H20N8O3. The molecule has 0 amide bonds. The summed E-state index contributed by atoms with van der Waals surface area (Å²) in [6.07, 6.45) is 2.00. The van der Waals surface area contributed by atoms with Crippen LogP contribution in [0.2, 0.25) is 0 Å². The minimum absolute atomic E-state index is 0.0253. The van der Waals surface area contributed by atoms with E-state index in [-0.39, 0.29) is 19.0 Å². The first-order chi connectivity index (χ1) is 12.0. The van der Waals surface area contributed by atoms with E-state index in [9.17, 15) is 14.7 Å². The molecule has 0 aliphatic carbocycles. The Bertz CT molecular complexity index is 830. The Balaban J connectivity index is 1.93. The van der Waals surface area contributed by atoms with Gasteiger partial charge in [0.1, 0.15) is 17.7 Å². The molecule has 25 heavy (non-hydrogen) atoms. The van der Waals surface area contributed by atoms with E-state index in [1.54, 1.807) is 11.0 Å². The van der Waals surface area contributed by atoms with Crippen molar-refractivity contribution in [2.75, 3.05) is 22.5 Å². The van der Waals surface area contributed by atoms with Gasteiger partial charge >= 0.3 is 11.7 Å². The molecule has 0 spiro atoms. The van der Waals surface area contributed by atoms with Crippen LogP contribution in [0.3, 0.4) is 0 Å². The maximum Gasteiger partial charge on any atom is 0.343 e. The normalized spacial score (nSPS) is 16.5. The zero-order valence-electron chi connectivity index (χ0n) is 13.8. The maximum absolute atomic E-state index is 11.7. The first-order valence-corrected chi connectivity index (χ1v) is 8.01. The second-order valence-corrected chi connectivity index (χ2v) is 5.79. The van der Waals surface area contributed by atoms with Gasteiger partial charge in [-0.15, -0.1) is 0 Å². The van der Waals surface area contributed by atoms with Crippen LogP contribution in [0.5, 0.6) is 0 Å². The quantitative estimate of drug-likeness (QED) is 0.511. The van der Waals surface area contributed by atoms with E-state index in [0.29, 0.717) is 17.5 Å². The molecule has 5 N–H and O–H groups in total. The molecule has 3 rings (SSSR count). The summed E-state index contributed by atoms with van der Waals surface area (Å²) in [5, 5.41) is 19.0. The summed E-state index contributed by atoms with van der Waals surface area (Å²) in [6, 6.07) is 0.697. The monoisotopic (exact) mass is 348 g/mol. The Morgan fingerprint density at radius 1 is 1.52 bits per heavy atom. The van der Waals surface area contributed by atoms with E-state index in [1.807, 2.05) is 0 Å². The number of fused-ring (bicyclic) bond motifs is 1. The van der Waals surface area contributed by atoms with Crippen molar-refractivity contribution >= 4 is 23.6 Å². The molecular weight excluding hydrogens is 328 g/mol. The van der Waals surface area contributed by atoms with Crippen LogP contribution in [0, 0.1) is 0 Å². The molecule has 0 saturated carbocycles. The van der Waals surface area contributed by atoms with Crippen molar-refractivity contribution in [2.45, 2.75) is 38.9 Å². The largest absolute Gasteiger partial charge is 0.480 e. The highest BCUT2D eigenvalue weighted by molar-refractivity contribution is 5.78. The van der Waals surface area contributed by atoms with E-state index in [1.165, 1.54) is 4.57 Å². The van der Waals surface area contributed by atoms with Crippen LogP contribution < -0.4 is 21.6 Å². The van der Waals surface area contributed by atoms with Crippen LogP contribution in [-0.4, -0.2) is 48.4 Å². The molecule has 0 radical (unpaired) electrons. The predicted molar refractivity (Wildman–Crippen MR) is 90.3 cm³/mol. The van der Waals surface area contributed by atoms with E-state index >= 15 is 0 Å². The van der Waals surface area contributed by atoms with Gasteiger partial charge in [-0.25, -0.2) is 14.7 Å². The molecule has 0 saturated heterocycles. The fourth-order valence-electron chi connectivity index (χ4n) is 2.73. The number of H-pyrrole nitrogens is 1. The summed E-state index contributed by atoms with van der Waals surface area (Å²) < 4.78 is 1.32. The predicted octanol–water partition coefficient (Wildman–Crippen LogP) is -0.371. The number of aliphatic carboxylic acids is 1. The third-order valence-electron chi connectivity index (χ3n) is 4.03. The fraction of sp³-hybridized carbons (Fsp3) is 0.500. The van der Waals surface area contributed by atoms with Crippen molar-refractivity contribution in [2.24, 2.45) is 0 Å². The molecule has 3 heterocycles. The van der Waals surface area contributed by atoms with E-state index in [0.717, 1.165) is 19.4 Å². The lowest BCUT2D eigenvalue weighted by Crippen LogP contribution is -2.50. The Morgan fingerprint density at radius 2 is 2.32 bits per heavy atom. The van der Waals surface area contributed by atoms with Gasteiger partial charge in [0.15, 0.2) is 5.82 Å². The van der Waals surface area contributed by atoms with Gasteiger partial charge in [-0.1, -0.05) is 13.3 Å². The SMILES string of the molecule is CCCCNc1cc(N2Cc3n[nH]c(=O)n3CC2C(=O)O)nc(N)n1. The van der Waals surface area contributed by atoms with Crippen LogP contribution in [0.4, 0.5) is 17.6 Å². The third kappa shape index (κ3) is 3.39. The third-order valence-corrected chi connectivity index (χ3v) is 4.03. The first kappa shape index (κ1) is 16.7. The number of hydrogen-bond acceptors (Lipinski definition) is 8. The van der Waals surface area contributed by atoms with E-state index < -0.39 is 17.7 Å². The summed E-state index contributed by atoms with van der Waals surface area (Å²) in [6.45, 7) is 2.91. The van der Waals surface area contributed by atoms with Crippen molar-refractivity contribution in [3.8, 4) is 0 Å². The topological polar surface area (TPSA) is 155 Å². The van der Waals surface area contributed by atoms with Crippen molar-refractivity contribution in [1.82, 2.24) is 24.7 Å². The molecule has 1 aliphatic rings. The molecule has 134 valence electrons. The van der Waals surface area contributed by atoms with E-state index in [2.05, 4.69) is 32.4 Å². The molecule has 0 bridgehead atoms. The minimum atomic E-state index is -1.06. The summed E-state index contributed by atoms with van der Waals surface area (Å²) in [5.74, 6) is 0.341. The number of carboxylic acid groups (broad SMARTS) is 1. The molecule has 1 unspecified atom stereocenters. The number of nitrogens with zero attached hydrogens (tertiary/aromatic N) is 5. The highest BCUT2D eigenvalue weighted by Gasteiger charge is 2.34. The van der Waals surface area contributed by atoms with Gasteiger partial charge in [0.2, 0.25) is 5.95 Å². The molecule has 1 atom stereocenters. The number of nitrogen functional groups attached to an aromatic ring is 1. The van der Waals surface area contributed by atoms with Crippen molar-refractivity contribution in [3.63, 3.8) is 0 Å². The summed E-state index contributed by atoms with van der Waals surface area (Å²) in [4.78, 5) is 33.2. The molecule has 0 fully saturated rings. The molecule has 2 aromatic heterocycles. The van der Waals surface area contributed by atoms with Crippen LogP contribution in [-0.2, 0) is 17.9 Å². The second kappa shape index (κ2) is 6.79. The number of aromatic nitrogens is 5. The Morgan fingerprint density at radius 3 is 3.04 bits per heavy atom. The zero-order chi connectivity index (χ0) is 18.0. The lowest BCUT2D eigenvalue weighted by atomic mass is 10.2. The Kier molecular flexibility index (Phi) is 4.55. The number of unbranched alkanes of at least 4 members (excludes halogenated alkanes) is 1. The molecule has 11 nitrogen and oxygen atoms in total. The fourth-order valence-corrected chi connectivity index (χ4v) is 2.73. The number of hydrogen-bond donors (Lipinski definition) is 4. The van der Waals surface area contributed by atoms with Crippen LogP contribution in [0.1, 0.15) is 25.6 Å². The smallest absolute Gasteiger partial charge is 0.343 e. The number of anilines is 3. The molecule has 11 heteroatoms. The Hall–Kier alpha value is -3.11. The van der Waals surface area contributed by atoms with Crippen molar-refractivity contribution < 1.29 is 9.90 Å². The Labute approximate surface area is 142 Å². The summed E-state index contributed by atoms with van der Waals surface area (Å²) in [5.41, 5.74) is 5.35. The number of carboxylic acids is 1. The molecule has 0 aromatic carbocycles. The van der Waals surface area contributed by atoms with E-state index in [4.69, 9.17) is 5.73 Å².